The molecule has 1 heterocycles. The second-order valence-electron chi connectivity index (χ2n) is 6.77. The molecular weight excluding hydrogens is 426 g/mol. The highest BCUT2D eigenvalue weighted by Gasteiger charge is 2.18. The molecule has 33 heavy (non-hydrogen) atoms. The lowest BCUT2D eigenvalue weighted by Gasteiger charge is -2.15. The molecule has 0 fully saturated rings. The predicted molar refractivity (Wildman–Crippen MR) is 118 cm³/mol. The number of para-hydroxylation sites is 1. The molecule has 0 aliphatic carbocycles. The number of nitrogens with one attached hydrogen (secondary N) is 2. The van der Waals surface area contributed by atoms with Gasteiger partial charge in [0.1, 0.15) is 35.7 Å². The summed E-state index contributed by atoms with van der Waals surface area (Å²) in [7, 11) is 0. The molecule has 0 saturated carbocycles. The van der Waals surface area contributed by atoms with Gasteiger partial charge < -0.3 is 18.6 Å². The van der Waals surface area contributed by atoms with E-state index in [2.05, 4.69) is 10.9 Å². The number of benzene rings is 2. The minimum atomic E-state index is -0.857. The number of carbonyl (C=O) groups is 2. The van der Waals surface area contributed by atoms with Crippen LogP contribution in [0.25, 0.3) is 0 Å². The van der Waals surface area contributed by atoms with E-state index in [9.17, 15) is 9.59 Å². The van der Waals surface area contributed by atoms with E-state index in [1.54, 1.807) is 61.5 Å². The van der Waals surface area contributed by atoms with Crippen LogP contribution in [0.2, 0.25) is 0 Å². The van der Waals surface area contributed by atoms with E-state index in [4.69, 9.17) is 23.9 Å². The molecule has 0 aliphatic heterocycles. The molecule has 9 nitrogen and oxygen atoms in total. The van der Waals surface area contributed by atoms with Gasteiger partial charge in [-0.05, 0) is 62.4 Å². The fourth-order valence-corrected chi connectivity index (χ4v) is 2.73. The third kappa shape index (κ3) is 6.51. The molecule has 1 atom stereocenters. The van der Waals surface area contributed by atoms with Gasteiger partial charge in [-0.1, -0.05) is 12.1 Å². The SMILES string of the molecule is CCOc1ccc(OC(C)C(=O)NNC(=O)c2ccc(COc3ccccc3C#N)o2)cc1. The van der Waals surface area contributed by atoms with Gasteiger partial charge in [-0.25, -0.2) is 0 Å². The minimum absolute atomic E-state index is 0.0115. The third-order valence-electron chi connectivity index (χ3n) is 4.38. The Kier molecular flexibility index (Phi) is 7.91. The Labute approximate surface area is 190 Å². The molecule has 170 valence electrons. The van der Waals surface area contributed by atoms with Crippen molar-refractivity contribution < 1.29 is 28.2 Å². The van der Waals surface area contributed by atoms with Gasteiger partial charge in [0.2, 0.25) is 0 Å². The Morgan fingerprint density at radius 2 is 1.73 bits per heavy atom. The first-order chi connectivity index (χ1) is 16.0. The molecule has 0 aliphatic rings. The molecule has 0 saturated heterocycles. The summed E-state index contributed by atoms with van der Waals surface area (Å²) in [5.41, 5.74) is 4.97. The van der Waals surface area contributed by atoms with Gasteiger partial charge in [-0.15, -0.1) is 0 Å². The molecule has 1 aromatic heterocycles. The zero-order chi connectivity index (χ0) is 23.6. The number of hydrogen-bond donors (Lipinski definition) is 2. The van der Waals surface area contributed by atoms with Crippen LogP contribution < -0.4 is 25.1 Å². The lowest BCUT2D eigenvalue weighted by molar-refractivity contribution is -0.128. The maximum Gasteiger partial charge on any atom is 0.305 e. The highest BCUT2D eigenvalue weighted by molar-refractivity contribution is 5.93. The van der Waals surface area contributed by atoms with Crippen LogP contribution in [0.4, 0.5) is 0 Å². The quantitative estimate of drug-likeness (QED) is 0.480. The number of carbonyl (C=O) groups excluding carboxylic acids is 2. The first kappa shape index (κ1) is 23.2. The van der Waals surface area contributed by atoms with Crippen molar-refractivity contribution in [2.24, 2.45) is 0 Å². The molecule has 1 unspecified atom stereocenters. The summed E-state index contributed by atoms with van der Waals surface area (Å²) in [5, 5.41) is 9.09. The van der Waals surface area contributed by atoms with E-state index in [-0.39, 0.29) is 12.4 Å². The Balaban J connectivity index is 1.46. The van der Waals surface area contributed by atoms with Crippen LogP contribution >= 0.6 is 0 Å². The lowest BCUT2D eigenvalue weighted by Crippen LogP contribution is -2.47. The number of nitriles is 1. The predicted octanol–water partition coefficient (Wildman–Crippen LogP) is 3.36. The number of rotatable bonds is 9. The second-order valence-corrected chi connectivity index (χ2v) is 6.77. The van der Waals surface area contributed by atoms with Gasteiger partial charge in [0.15, 0.2) is 11.9 Å². The monoisotopic (exact) mass is 449 g/mol. The van der Waals surface area contributed by atoms with Crippen LogP contribution in [-0.2, 0) is 11.4 Å². The number of amides is 2. The van der Waals surface area contributed by atoms with E-state index in [0.29, 0.717) is 35.2 Å². The maximum absolute atomic E-state index is 12.3. The number of hydrogen-bond acceptors (Lipinski definition) is 7. The number of hydrazine groups is 1. The zero-order valence-electron chi connectivity index (χ0n) is 18.2. The number of nitrogens with zero attached hydrogens (tertiary/aromatic N) is 1. The largest absolute Gasteiger partial charge is 0.494 e. The van der Waals surface area contributed by atoms with Crippen LogP contribution in [-0.4, -0.2) is 24.5 Å². The number of furan rings is 1. The van der Waals surface area contributed by atoms with Gasteiger partial charge in [-0.2, -0.15) is 5.26 Å². The van der Waals surface area contributed by atoms with Crippen LogP contribution in [0.1, 0.15) is 35.7 Å². The third-order valence-corrected chi connectivity index (χ3v) is 4.38. The fraction of sp³-hybridized carbons (Fsp3) is 0.208. The van der Waals surface area contributed by atoms with Crippen LogP contribution in [0.15, 0.2) is 65.1 Å². The smallest absolute Gasteiger partial charge is 0.305 e. The normalized spacial score (nSPS) is 11.1. The fourth-order valence-electron chi connectivity index (χ4n) is 2.73. The van der Waals surface area contributed by atoms with Crippen molar-refractivity contribution in [3.05, 3.63) is 77.7 Å². The van der Waals surface area contributed by atoms with Crippen LogP contribution in [0, 0.1) is 11.3 Å². The van der Waals surface area contributed by atoms with E-state index < -0.39 is 17.9 Å². The summed E-state index contributed by atoms with van der Waals surface area (Å²) in [6.45, 7) is 4.03. The van der Waals surface area contributed by atoms with Crippen molar-refractivity contribution in [3.8, 4) is 23.3 Å². The Hall–Kier alpha value is -4.45. The van der Waals surface area contributed by atoms with E-state index >= 15 is 0 Å². The molecule has 2 amide bonds. The van der Waals surface area contributed by atoms with Crippen LogP contribution in [0.3, 0.4) is 0 Å². The molecule has 0 radical (unpaired) electrons. The highest BCUT2D eigenvalue weighted by Crippen LogP contribution is 2.20. The van der Waals surface area contributed by atoms with Gasteiger partial charge >= 0.3 is 5.91 Å². The Morgan fingerprint density at radius 1 is 1.00 bits per heavy atom. The molecular formula is C24H23N3O6. The number of ether oxygens (including phenoxy) is 3. The average molecular weight is 449 g/mol. The summed E-state index contributed by atoms with van der Waals surface area (Å²) in [5.74, 6) is 0.790. The topological polar surface area (TPSA) is 123 Å². The van der Waals surface area contributed by atoms with E-state index in [0.717, 1.165) is 0 Å². The molecule has 2 aromatic carbocycles. The standard InChI is InChI=1S/C24H23N3O6/c1-3-30-18-8-10-19(11-9-18)32-16(2)23(28)26-27-24(29)22-13-12-20(33-22)15-31-21-7-5-4-6-17(21)14-25/h4-13,16H,3,15H2,1-2H3,(H,26,28)(H,27,29). The molecule has 2 N–H and O–H groups in total. The minimum Gasteiger partial charge on any atom is -0.494 e. The summed E-state index contributed by atoms with van der Waals surface area (Å²) in [4.78, 5) is 24.5. The Morgan fingerprint density at radius 3 is 2.45 bits per heavy atom. The maximum atomic E-state index is 12.3. The molecule has 9 heteroatoms. The summed E-state index contributed by atoms with van der Waals surface area (Å²) in [6.07, 6.45) is -0.857. The second kappa shape index (κ2) is 11.2. The van der Waals surface area contributed by atoms with Gasteiger partial charge in [-0.3, -0.25) is 20.4 Å². The molecule has 3 aromatic rings. The van der Waals surface area contributed by atoms with Crippen molar-refractivity contribution in [1.82, 2.24) is 10.9 Å². The molecule has 3 rings (SSSR count). The Bertz CT molecular complexity index is 1130. The van der Waals surface area contributed by atoms with E-state index in [1.165, 1.54) is 6.07 Å². The van der Waals surface area contributed by atoms with Gasteiger partial charge in [0.25, 0.3) is 5.91 Å². The first-order valence-electron chi connectivity index (χ1n) is 10.2. The summed E-state index contributed by atoms with van der Waals surface area (Å²) >= 11 is 0. The van der Waals surface area contributed by atoms with Gasteiger partial charge in [0, 0.05) is 0 Å². The lowest BCUT2D eigenvalue weighted by atomic mass is 10.2. The molecule has 0 spiro atoms. The average Bonchev–Trinajstić information content (AvgIpc) is 3.31. The highest BCUT2D eigenvalue weighted by atomic mass is 16.5. The van der Waals surface area contributed by atoms with E-state index in [1.807, 2.05) is 13.0 Å². The summed E-state index contributed by atoms with van der Waals surface area (Å²) in [6, 6.07) is 18.7. The van der Waals surface area contributed by atoms with Crippen LogP contribution in [0.5, 0.6) is 17.2 Å². The van der Waals surface area contributed by atoms with Crippen molar-refractivity contribution in [1.29, 1.82) is 5.26 Å². The molecule has 0 bridgehead atoms. The first-order valence-corrected chi connectivity index (χ1v) is 10.2. The van der Waals surface area contributed by atoms with Crippen molar-refractivity contribution in [3.63, 3.8) is 0 Å². The van der Waals surface area contributed by atoms with Gasteiger partial charge in [0.05, 0.1) is 12.2 Å². The summed E-state index contributed by atoms with van der Waals surface area (Å²) < 4.78 is 21.9. The van der Waals surface area contributed by atoms with Crippen molar-refractivity contribution in [2.45, 2.75) is 26.6 Å². The zero-order valence-corrected chi connectivity index (χ0v) is 18.2. The van der Waals surface area contributed by atoms with Crippen molar-refractivity contribution >= 4 is 11.8 Å². The van der Waals surface area contributed by atoms with Crippen molar-refractivity contribution in [2.75, 3.05) is 6.61 Å².